The molecule has 4 N–H and O–H groups in total. The highest BCUT2D eigenvalue weighted by atomic mass is 35.5. The maximum atomic E-state index is 13.8. The van der Waals surface area contributed by atoms with Gasteiger partial charge >= 0.3 is 0 Å². The number of rotatable bonds is 12. The number of aryl methyl sites for hydroxylation is 1. The van der Waals surface area contributed by atoms with Crippen LogP contribution >= 0.6 is 11.6 Å². The minimum absolute atomic E-state index is 0.0832. The molecule has 2 amide bonds. The summed E-state index contributed by atoms with van der Waals surface area (Å²) in [6.07, 6.45) is 3.23. The fraction of sp³-hybridized carbons (Fsp3) is 0.353. The molecule has 0 aliphatic heterocycles. The van der Waals surface area contributed by atoms with Crippen LogP contribution in [0.3, 0.4) is 0 Å². The van der Waals surface area contributed by atoms with Crippen molar-refractivity contribution in [2.75, 3.05) is 13.2 Å². The average Bonchev–Trinajstić information content (AvgIpc) is 3.93. The number of hydrogen-bond donors (Lipinski definition) is 3. The Morgan fingerprint density at radius 1 is 1.11 bits per heavy atom. The Morgan fingerprint density at radius 2 is 1.84 bits per heavy atom. The molecule has 2 aromatic heterocycles. The van der Waals surface area contributed by atoms with Gasteiger partial charge in [0.05, 0.1) is 42.1 Å². The van der Waals surface area contributed by atoms with E-state index in [4.69, 9.17) is 31.8 Å². The predicted octanol–water partition coefficient (Wildman–Crippen LogP) is 5.39. The molecule has 2 heterocycles. The topological polar surface area (TPSA) is 137 Å². The van der Waals surface area contributed by atoms with Gasteiger partial charge in [0.15, 0.2) is 0 Å². The van der Waals surface area contributed by atoms with Crippen LogP contribution in [0.5, 0.6) is 11.5 Å². The van der Waals surface area contributed by atoms with E-state index < -0.39 is 23.2 Å². The summed E-state index contributed by atoms with van der Waals surface area (Å²) < 4.78 is 25.8. The van der Waals surface area contributed by atoms with Gasteiger partial charge in [0.1, 0.15) is 34.1 Å². The number of halogens is 2. The molecule has 2 aromatic carbocycles. The van der Waals surface area contributed by atoms with Crippen LogP contribution in [0.1, 0.15) is 59.9 Å². The number of fused-ring (bicyclic) bond motifs is 1. The van der Waals surface area contributed by atoms with E-state index in [1.807, 2.05) is 6.92 Å². The van der Waals surface area contributed by atoms with Crippen molar-refractivity contribution in [3.63, 3.8) is 0 Å². The summed E-state index contributed by atoms with van der Waals surface area (Å²) in [5.41, 5.74) is 7.21. The Kier molecular flexibility index (Phi) is 8.37. The first-order chi connectivity index (χ1) is 21.5. The van der Waals surface area contributed by atoms with Gasteiger partial charge < -0.3 is 25.6 Å². The second-order valence-corrected chi connectivity index (χ2v) is 12.1. The standard InChI is InChI=1S/C34H34ClFN4O5/c1-3-44-32-21(16-29(37)41)15-28(40-31(32)19-4-8-24(36)9-5-19)34(43,23-6-7-23)17-38-33(42)22-12-20-13-26(35)18(2)39-30(20)27(14-22)45-25-10-11-25/h4-5,8-9,12-15,23,25,43H,3,6-7,10-11,16-17H2,1-2H3,(H2,37,41)(H,38,42)/t34-/m1/s1. The zero-order chi connectivity index (χ0) is 31.9. The lowest BCUT2D eigenvalue weighted by molar-refractivity contribution is -0.117. The second-order valence-electron chi connectivity index (χ2n) is 11.7. The number of aliphatic hydroxyl groups is 1. The Bertz CT molecular complexity index is 1790. The van der Waals surface area contributed by atoms with Crippen LogP contribution < -0.4 is 20.5 Å². The lowest BCUT2D eigenvalue weighted by Crippen LogP contribution is -2.43. The number of ether oxygens (including phenoxy) is 2. The van der Waals surface area contributed by atoms with Crippen LogP contribution in [0.2, 0.25) is 5.02 Å². The van der Waals surface area contributed by atoms with Crippen molar-refractivity contribution in [1.29, 1.82) is 0 Å². The number of carbonyl (C=O) groups is 2. The quantitative estimate of drug-likeness (QED) is 0.190. The van der Waals surface area contributed by atoms with E-state index in [-0.39, 0.29) is 37.3 Å². The van der Waals surface area contributed by atoms with Crippen LogP contribution in [0.25, 0.3) is 22.2 Å². The van der Waals surface area contributed by atoms with Gasteiger partial charge in [-0.25, -0.2) is 14.4 Å². The Morgan fingerprint density at radius 3 is 2.49 bits per heavy atom. The molecule has 2 aliphatic carbocycles. The molecular weight excluding hydrogens is 599 g/mol. The van der Waals surface area contributed by atoms with E-state index in [2.05, 4.69) is 10.3 Å². The molecule has 4 aromatic rings. The Hall–Kier alpha value is -4.28. The molecule has 45 heavy (non-hydrogen) atoms. The third kappa shape index (κ3) is 6.57. The molecule has 6 rings (SSSR count). The summed E-state index contributed by atoms with van der Waals surface area (Å²) in [4.78, 5) is 35.1. The van der Waals surface area contributed by atoms with E-state index in [0.717, 1.165) is 25.7 Å². The smallest absolute Gasteiger partial charge is 0.251 e. The average molecular weight is 633 g/mol. The number of carbonyl (C=O) groups excluding carboxylic acids is 2. The van der Waals surface area contributed by atoms with Gasteiger partial charge in [0, 0.05) is 22.1 Å². The molecule has 234 valence electrons. The van der Waals surface area contributed by atoms with Gasteiger partial charge in [-0.1, -0.05) is 11.6 Å². The van der Waals surface area contributed by atoms with Crippen LogP contribution in [0, 0.1) is 18.7 Å². The summed E-state index contributed by atoms with van der Waals surface area (Å²) in [5, 5.41) is 16.2. The molecule has 2 saturated carbocycles. The summed E-state index contributed by atoms with van der Waals surface area (Å²) in [5.74, 6) is -0.791. The summed E-state index contributed by atoms with van der Waals surface area (Å²) in [6, 6.07) is 12.5. The molecular formula is C34H34ClFN4O5. The van der Waals surface area contributed by atoms with E-state index in [1.165, 1.54) is 12.1 Å². The molecule has 0 spiro atoms. The Labute approximate surface area is 264 Å². The van der Waals surface area contributed by atoms with Gasteiger partial charge in [-0.15, -0.1) is 0 Å². The number of benzene rings is 2. The zero-order valence-corrected chi connectivity index (χ0v) is 25.8. The SMILES string of the molecule is CCOc1c(CC(N)=O)cc([C@@](O)(CNC(=O)c2cc(OC3CC3)c3nc(C)c(Cl)cc3c2)C2CC2)nc1-c1ccc(F)cc1. The van der Waals surface area contributed by atoms with E-state index >= 15 is 0 Å². The van der Waals surface area contributed by atoms with Gasteiger partial charge in [-0.3, -0.25) is 9.59 Å². The van der Waals surface area contributed by atoms with Gasteiger partial charge in [0.2, 0.25) is 5.91 Å². The van der Waals surface area contributed by atoms with E-state index in [9.17, 15) is 19.1 Å². The molecule has 2 aliphatic rings. The third-order valence-electron chi connectivity index (χ3n) is 8.13. The van der Waals surface area contributed by atoms with Gasteiger partial charge in [-0.2, -0.15) is 0 Å². The van der Waals surface area contributed by atoms with Crippen molar-refractivity contribution in [3.05, 3.63) is 81.9 Å². The number of hydrogen-bond acceptors (Lipinski definition) is 7. The monoisotopic (exact) mass is 632 g/mol. The number of nitrogens with one attached hydrogen (secondary N) is 1. The summed E-state index contributed by atoms with van der Waals surface area (Å²) in [7, 11) is 0. The number of nitrogens with zero attached hydrogens (tertiary/aromatic N) is 2. The normalized spacial score (nSPS) is 15.8. The number of primary amides is 1. The maximum absolute atomic E-state index is 13.8. The fourth-order valence-corrected chi connectivity index (χ4v) is 5.63. The highest BCUT2D eigenvalue weighted by Crippen LogP contribution is 2.47. The van der Waals surface area contributed by atoms with E-state index in [0.29, 0.717) is 55.5 Å². The van der Waals surface area contributed by atoms with Crippen molar-refractivity contribution in [3.8, 4) is 22.8 Å². The minimum Gasteiger partial charge on any atom is -0.491 e. The van der Waals surface area contributed by atoms with Crippen LogP contribution in [0.15, 0.2) is 48.5 Å². The van der Waals surface area contributed by atoms with Gasteiger partial charge in [-0.05, 0) is 94.0 Å². The molecule has 0 radical (unpaired) electrons. The van der Waals surface area contributed by atoms with Gasteiger partial charge in [0.25, 0.3) is 5.91 Å². The summed E-state index contributed by atoms with van der Waals surface area (Å²) in [6.45, 7) is 3.74. The fourth-order valence-electron chi connectivity index (χ4n) is 5.47. The largest absolute Gasteiger partial charge is 0.491 e. The van der Waals surface area contributed by atoms with Crippen LogP contribution in [0.4, 0.5) is 4.39 Å². The highest BCUT2D eigenvalue weighted by Gasteiger charge is 2.47. The number of nitrogens with two attached hydrogens (primary N) is 1. The molecule has 9 nitrogen and oxygen atoms in total. The lowest BCUT2D eigenvalue weighted by atomic mass is 9.90. The van der Waals surface area contributed by atoms with Crippen molar-refractivity contribution in [2.24, 2.45) is 11.7 Å². The zero-order valence-electron chi connectivity index (χ0n) is 25.0. The van der Waals surface area contributed by atoms with Crippen LogP contribution in [-0.4, -0.2) is 46.1 Å². The molecule has 0 unspecified atom stereocenters. The van der Waals surface area contributed by atoms with Crippen molar-refractivity contribution in [1.82, 2.24) is 15.3 Å². The molecule has 11 heteroatoms. The second kappa shape index (κ2) is 12.3. The molecule has 2 fully saturated rings. The number of amides is 2. The first-order valence-electron chi connectivity index (χ1n) is 15.0. The van der Waals surface area contributed by atoms with Crippen LogP contribution in [-0.2, 0) is 16.8 Å². The number of pyridine rings is 2. The van der Waals surface area contributed by atoms with Crippen molar-refractivity contribution < 1.29 is 28.6 Å². The first-order valence-corrected chi connectivity index (χ1v) is 15.4. The summed E-state index contributed by atoms with van der Waals surface area (Å²) >= 11 is 6.36. The Balaban J connectivity index is 1.36. The molecule has 0 saturated heterocycles. The molecule has 1 atom stereocenters. The highest BCUT2D eigenvalue weighted by molar-refractivity contribution is 6.31. The van der Waals surface area contributed by atoms with Crippen molar-refractivity contribution >= 4 is 34.3 Å². The predicted molar refractivity (Wildman–Crippen MR) is 168 cm³/mol. The third-order valence-corrected chi connectivity index (χ3v) is 8.51. The molecule has 0 bridgehead atoms. The number of aromatic nitrogens is 2. The maximum Gasteiger partial charge on any atom is 0.251 e. The minimum atomic E-state index is -1.58. The lowest BCUT2D eigenvalue weighted by Gasteiger charge is -2.30. The van der Waals surface area contributed by atoms with E-state index in [1.54, 1.807) is 43.3 Å². The first kappa shape index (κ1) is 30.7. The van der Waals surface area contributed by atoms with Crippen molar-refractivity contribution in [2.45, 2.75) is 57.7 Å².